The lowest BCUT2D eigenvalue weighted by Crippen LogP contribution is -2.46. The average Bonchev–Trinajstić information content (AvgIpc) is 3.43. The minimum atomic E-state index is -4.23. The highest BCUT2D eigenvalue weighted by Crippen LogP contribution is 2.42. The summed E-state index contributed by atoms with van der Waals surface area (Å²) in [5.41, 5.74) is 3.67. The number of nitrogens with zero attached hydrogens (tertiary/aromatic N) is 4. The Morgan fingerprint density at radius 2 is 1.36 bits per heavy atom. The summed E-state index contributed by atoms with van der Waals surface area (Å²) in [5, 5.41) is 12.6. The number of fused-ring (bicyclic) bond motifs is 3. The van der Waals surface area contributed by atoms with Gasteiger partial charge in [0.1, 0.15) is 0 Å². The molecule has 12 heteroatoms. The first-order valence-electron chi connectivity index (χ1n) is 12.4. The minimum Gasteiger partial charge on any atom is -0.791 e. The lowest BCUT2D eigenvalue weighted by molar-refractivity contribution is 0.375. The average molecular weight is 564 g/mol. The highest BCUT2D eigenvalue weighted by atomic mass is 32.2. The fraction of sp³-hybridized carbons (Fsp3) is 0.185. The van der Waals surface area contributed by atoms with E-state index in [0.717, 1.165) is 53.2 Å². The van der Waals surface area contributed by atoms with Crippen molar-refractivity contribution in [3.05, 3.63) is 89.8 Å². The van der Waals surface area contributed by atoms with Crippen LogP contribution in [-0.2, 0) is 26.2 Å². The number of hydrogen-bond donors (Lipinski definition) is 0. The molecule has 200 valence electrons. The molecular formula is C27H23N4O6S2-. The first kappa shape index (κ1) is 23.9. The van der Waals surface area contributed by atoms with E-state index in [9.17, 15) is 22.0 Å². The van der Waals surface area contributed by atoms with Crippen molar-refractivity contribution in [2.24, 2.45) is 0 Å². The predicted octanol–water partition coefficient (Wildman–Crippen LogP) is 3.74. The van der Waals surface area contributed by atoms with Crippen LogP contribution in [-0.4, -0.2) is 52.5 Å². The molecule has 39 heavy (non-hydrogen) atoms. The summed E-state index contributed by atoms with van der Waals surface area (Å²) in [5.74, 6) is 0. The van der Waals surface area contributed by atoms with Gasteiger partial charge in [-0.2, -0.15) is 0 Å². The molecule has 0 bridgehead atoms. The number of anilines is 2. The van der Waals surface area contributed by atoms with Crippen molar-refractivity contribution < 1.29 is 21.3 Å². The molecule has 0 aliphatic carbocycles. The highest BCUT2D eigenvalue weighted by Gasteiger charge is 2.45. The van der Waals surface area contributed by atoms with Gasteiger partial charge in [0.15, 0.2) is 15.6 Å². The number of piperazine rings is 1. The second kappa shape index (κ2) is 8.42. The third-order valence-electron chi connectivity index (χ3n) is 7.46. The maximum absolute atomic E-state index is 13.2. The largest absolute Gasteiger partial charge is 0.791 e. The molecule has 0 spiro atoms. The second-order valence-corrected chi connectivity index (χ2v) is 13.3. The zero-order valence-electron chi connectivity index (χ0n) is 20.6. The van der Waals surface area contributed by atoms with Crippen LogP contribution in [0.2, 0.25) is 0 Å². The Kier molecular flexibility index (Phi) is 5.16. The number of benzene rings is 3. The van der Waals surface area contributed by atoms with E-state index >= 15 is 0 Å². The Bertz CT molecular complexity index is 1940. The fourth-order valence-electron chi connectivity index (χ4n) is 5.47. The lowest BCUT2D eigenvalue weighted by Gasteiger charge is -2.37. The van der Waals surface area contributed by atoms with Gasteiger partial charge in [0.25, 0.3) is 0 Å². The van der Waals surface area contributed by atoms with Crippen LogP contribution < -0.4 is 9.80 Å². The number of rotatable bonds is 4. The first-order chi connectivity index (χ1) is 18.8. The Morgan fingerprint density at radius 1 is 0.718 bits per heavy atom. The molecule has 2 aromatic heterocycles. The molecule has 4 heterocycles. The number of sulfone groups is 2. The summed E-state index contributed by atoms with van der Waals surface area (Å²) in [6.07, 6.45) is 1.71. The summed E-state index contributed by atoms with van der Waals surface area (Å²) in [4.78, 5) is 4.08. The summed E-state index contributed by atoms with van der Waals surface area (Å²) < 4.78 is 58.9. The van der Waals surface area contributed by atoms with E-state index in [0.29, 0.717) is 5.56 Å². The van der Waals surface area contributed by atoms with Crippen molar-refractivity contribution in [1.82, 2.24) is 9.53 Å². The SMILES string of the molecule is O=S1(=O)c2ccccc2S(=O)(=O)c2c1n([O-])n2Cc1ccc(N2CCN(c3cccc4ccoc34)CC2)cc1. The van der Waals surface area contributed by atoms with Gasteiger partial charge in [0, 0.05) is 37.3 Å². The van der Waals surface area contributed by atoms with Gasteiger partial charge < -0.3 is 24.3 Å². The monoisotopic (exact) mass is 563 g/mol. The molecule has 2 aliphatic heterocycles. The summed E-state index contributed by atoms with van der Waals surface area (Å²) >= 11 is 0. The van der Waals surface area contributed by atoms with Crippen molar-refractivity contribution in [3.8, 4) is 0 Å². The van der Waals surface area contributed by atoms with Gasteiger partial charge in [-0.05, 0) is 42.0 Å². The van der Waals surface area contributed by atoms with Crippen molar-refractivity contribution >= 4 is 42.0 Å². The number of aromatic nitrogens is 2. The maximum Gasteiger partial charge on any atom is 0.227 e. The highest BCUT2D eigenvalue weighted by molar-refractivity contribution is 7.97. The molecule has 0 atom stereocenters. The molecule has 10 nitrogen and oxygen atoms in total. The van der Waals surface area contributed by atoms with Crippen LogP contribution in [0.1, 0.15) is 5.56 Å². The fourth-order valence-corrected chi connectivity index (χ4v) is 9.74. The Balaban J connectivity index is 1.09. The summed E-state index contributed by atoms with van der Waals surface area (Å²) in [6, 6.07) is 21.0. The summed E-state index contributed by atoms with van der Waals surface area (Å²) in [6.45, 7) is 3.20. The molecule has 1 fully saturated rings. The molecule has 7 rings (SSSR count). The van der Waals surface area contributed by atoms with Crippen LogP contribution in [0.15, 0.2) is 103 Å². The van der Waals surface area contributed by atoms with E-state index in [2.05, 4.69) is 15.9 Å². The van der Waals surface area contributed by atoms with Crippen LogP contribution >= 0.6 is 0 Å². The third kappa shape index (κ3) is 3.51. The Morgan fingerprint density at radius 3 is 2.05 bits per heavy atom. The number of hydrogen-bond acceptors (Lipinski definition) is 8. The molecule has 3 aromatic carbocycles. The zero-order valence-corrected chi connectivity index (χ0v) is 22.2. The van der Waals surface area contributed by atoms with Crippen LogP contribution in [0.4, 0.5) is 11.4 Å². The second-order valence-electron chi connectivity index (χ2n) is 9.65. The van der Waals surface area contributed by atoms with Crippen LogP contribution in [0.3, 0.4) is 0 Å². The van der Waals surface area contributed by atoms with E-state index in [-0.39, 0.29) is 21.2 Å². The first-order valence-corrected chi connectivity index (χ1v) is 15.4. The van der Waals surface area contributed by atoms with E-state index in [1.165, 1.54) is 24.3 Å². The van der Waals surface area contributed by atoms with Gasteiger partial charge in [-0.1, -0.05) is 36.4 Å². The van der Waals surface area contributed by atoms with Crippen molar-refractivity contribution in [1.29, 1.82) is 0 Å². The van der Waals surface area contributed by atoms with E-state index < -0.39 is 29.7 Å². The zero-order chi connectivity index (χ0) is 26.9. The van der Waals surface area contributed by atoms with Gasteiger partial charge in [0.05, 0.1) is 28.3 Å². The van der Waals surface area contributed by atoms with Crippen LogP contribution in [0.25, 0.3) is 11.0 Å². The molecule has 0 saturated carbocycles. The minimum absolute atomic E-state index is 0.0690. The number of para-hydroxylation sites is 1. The Labute approximate surface area is 224 Å². The molecule has 0 amide bonds. The van der Waals surface area contributed by atoms with Gasteiger partial charge in [0.2, 0.25) is 19.7 Å². The van der Waals surface area contributed by atoms with Crippen LogP contribution in [0.5, 0.6) is 0 Å². The lowest BCUT2D eigenvalue weighted by atomic mass is 10.1. The molecule has 0 radical (unpaired) electrons. The van der Waals surface area contributed by atoms with Crippen molar-refractivity contribution in [2.45, 2.75) is 26.4 Å². The van der Waals surface area contributed by atoms with E-state index in [4.69, 9.17) is 4.42 Å². The normalized spacial score (nSPS) is 17.7. The van der Waals surface area contributed by atoms with E-state index in [1.54, 1.807) is 6.26 Å². The predicted molar refractivity (Wildman–Crippen MR) is 145 cm³/mol. The van der Waals surface area contributed by atoms with Crippen LogP contribution in [0, 0.1) is 5.21 Å². The smallest absolute Gasteiger partial charge is 0.227 e. The molecule has 0 unspecified atom stereocenters. The molecule has 1 saturated heterocycles. The Hall–Kier alpha value is -4.16. The van der Waals surface area contributed by atoms with Gasteiger partial charge in [-0.25, -0.2) is 16.8 Å². The topological polar surface area (TPSA) is 121 Å². The molecule has 5 aromatic rings. The number of furan rings is 1. The van der Waals surface area contributed by atoms with Crippen molar-refractivity contribution in [3.63, 3.8) is 0 Å². The van der Waals surface area contributed by atoms with Gasteiger partial charge in [-0.15, -0.1) is 0 Å². The quantitative estimate of drug-likeness (QED) is 0.318. The summed E-state index contributed by atoms with van der Waals surface area (Å²) in [7, 11) is -8.38. The molecule has 2 aliphatic rings. The molecule has 0 N–H and O–H groups in total. The van der Waals surface area contributed by atoms with Crippen molar-refractivity contribution in [2.75, 3.05) is 36.0 Å². The third-order valence-corrected chi connectivity index (χ3v) is 11.4. The van der Waals surface area contributed by atoms with Gasteiger partial charge in [-0.3, -0.25) is 4.68 Å². The maximum atomic E-state index is 13.2. The molecular weight excluding hydrogens is 540 g/mol. The van der Waals surface area contributed by atoms with Gasteiger partial charge >= 0.3 is 0 Å². The van der Waals surface area contributed by atoms with E-state index in [1.807, 2.05) is 42.5 Å². The standard InChI is InChI=1S/C27H23N4O6S2/c32-31-27-26(38(33,34)23-6-1-2-7-24(23)39(27,35)36)30(31)18-19-8-10-21(11-9-19)28-13-15-29(16-14-28)22-5-3-4-20-12-17-37-25(20)22/h1-12,17H,13-16,18H2/q-1.